The molecule has 0 saturated carbocycles. The molecule has 1 fully saturated rings. The minimum Gasteiger partial charge on any atom is -0.352 e. The van der Waals surface area contributed by atoms with Crippen LogP contribution in [0.4, 0.5) is 5.69 Å². The number of hydrogen-bond acceptors (Lipinski definition) is 5. The van der Waals surface area contributed by atoms with E-state index in [0.717, 1.165) is 6.42 Å². The van der Waals surface area contributed by atoms with Gasteiger partial charge in [-0.2, -0.15) is 0 Å². The predicted octanol–water partition coefficient (Wildman–Crippen LogP) is 1.33. The number of carbonyl (C=O) groups excluding carboxylic acids is 2. The molecule has 3 N–H and O–H groups in total. The zero-order chi connectivity index (χ0) is 17.7. The first kappa shape index (κ1) is 20.9. The molecule has 0 radical (unpaired) electrons. The zero-order valence-electron chi connectivity index (χ0n) is 14.1. The van der Waals surface area contributed by atoms with Crippen molar-refractivity contribution in [3.8, 4) is 0 Å². The van der Waals surface area contributed by atoms with Gasteiger partial charge in [0.15, 0.2) is 0 Å². The van der Waals surface area contributed by atoms with E-state index in [1.807, 2.05) is 0 Å². The summed E-state index contributed by atoms with van der Waals surface area (Å²) in [6, 6.07) is 5.33. The standard InChI is InChI=1S/C16H22N4O4.ClH/c1-16(10-17)7-9-19(11-16)14(21)6-8-18-15(22)12-2-4-13(5-3-12)20(23)24;/h2-5H,6-11,17H2,1H3,(H,18,22);1H. The van der Waals surface area contributed by atoms with Gasteiger partial charge in [0.25, 0.3) is 11.6 Å². The van der Waals surface area contributed by atoms with Crippen LogP contribution < -0.4 is 11.1 Å². The Bertz CT molecular complexity index is 638. The van der Waals surface area contributed by atoms with Gasteiger partial charge in [-0.05, 0) is 30.5 Å². The van der Waals surface area contributed by atoms with Gasteiger partial charge in [0.2, 0.25) is 5.91 Å². The van der Waals surface area contributed by atoms with E-state index in [2.05, 4.69) is 12.2 Å². The molecule has 1 atom stereocenters. The molecule has 9 heteroatoms. The topological polar surface area (TPSA) is 119 Å². The van der Waals surface area contributed by atoms with E-state index in [0.29, 0.717) is 25.2 Å². The monoisotopic (exact) mass is 370 g/mol. The number of carbonyl (C=O) groups is 2. The number of nitro benzene ring substituents is 1. The second-order valence-corrected chi connectivity index (χ2v) is 6.39. The van der Waals surface area contributed by atoms with Crippen molar-refractivity contribution in [3.05, 3.63) is 39.9 Å². The van der Waals surface area contributed by atoms with E-state index in [9.17, 15) is 19.7 Å². The Morgan fingerprint density at radius 1 is 1.36 bits per heavy atom. The molecule has 0 bridgehead atoms. The molecule has 1 aromatic carbocycles. The van der Waals surface area contributed by atoms with Crippen LogP contribution in [0.2, 0.25) is 0 Å². The Labute approximate surface area is 152 Å². The lowest BCUT2D eigenvalue weighted by molar-refractivity contribution is -0.384. The molecule has 8 nitrogen and oxygen atoms in total. The van der Waals surface area contributed by atoms with Gasteiger partial charge in [-0.15, -0.1) is 12.4 Å². The second-order valence-electron chi connectivity index (χ2n) is 6.39. The molecule has 2 rings (SSSR count). The summed E-state index contributed by atoms with van der Waals surface area (Å²) in [5.41, 5.74) is 5.96. The third-order valence-electron chi connectivity index (χ3n) is 4.37. The molecule has 0 aromatic heterocycles. The highest BCUT2D eigenvalue weighted by Gasteiger charge is 2.34. The van der Waals surface area contributed by atoms with Gasteiger partial charge in [-0.25, -0.2) is 0 Å². The fraction of sp³-hybridized carbons (Fsp3) is 0.500. The molecule has 25 heavy (non-hydrogen) atoms. The van der Waals surface area contributed by atoms with Crippen molar-refractivity contribution < 1.29 is 14.5 Å². The molecule has 0 spiro atoms. The Balaban J connectivity index is 0.00000312. The minimum atomic E-state index is -0.522. The SMILES string of the molecule is CC1(CN)CCN(C(=O)CCNC(=O)c2ccc([N+](=O)[O-])cc2)C1.Cl. The lowest BCUT2D eigenvalue weighted by atomic mass is 9.90. The molecule has 1 aromatic rings. The number of benzene rings is 1. The highest BCUT2D eigenvalue weighted by atomic mass is 35.5. The Morgan fingerprint density at radius 2 is 2.00 bits per heavy atom. The van der Waals surface area contributed by atoms with Gasteiger partial charge in [0, 0.05) is 43.8 Å². The normalized spacial score (nSPS) is 19.2. The number of non-ortho nitro benzene ring substituents is 1. The molecule has 0 aliphatic carbocycles. The summed E-state index contributed by atoms with van der Waals surface area (Å²) in [6.07, 6.45) is 1.11. The largest absolute Gasteiger partial charge is 0.352 e. The van der Waals surface area contributed by atoms with Gasteiger partial charge >= 0.3 is 0 Å². The van der Waals surface area contributed by atoms with Crippen molar-refractivity contribution in [2.45, 2.75) is 19.8 Å². The number of nitrogens with zero attached hydrogens (tertiary/aromatic N) is 2. The molecule has 1 heterocycles. The fourth-order valence-electron chi connectivity index (χ4n) is 2.68. The van der Waals surface area contributed by atoms with E-state index >= 15 is 0 Å². The van der Waals surface area contributed by atoms with Crippen LogP contribution >= 0.6 is 12.4 Å². The van der Waals surface area contributed by atoms with Crippen LogP contribution in [-0.4, -0.2) is 47.8 Å². The van der Waals surface area contributed by atoms with Gasteiger partial charge in [-0.1, -0.05) is 6.92 Å². The second kappa shape index (κ2) is 8.77. The van der Waals surface area contributed by atoms with Gasteiger partial charge in [0.1, 0.15) is 0 Å². The van der Waals surface area contributed by atoms with E-state index in [1.165, 1.54) is 24.3 Å². The molecule has 1 aliphatic heterocycles. The summed E-state index contributed by atoms with van der Waals surface area (Å²) in [7, 11) is 0. The van der Waals surface area contributed by atoms with Crippen molar-refractivity contribution in [2.24, 2.45) is 11.1 Å². The quantitative estimate of drug-likeness (QED) is 0.578. The first-order valence-corrected chi connectivity index (χ1v) is 7.85. The molecule has 1 aliphatic rings. The lowest BCUT2D eigenvalue weighted by Gasteiger charge is -2.22. The maximum Gasteiger partial charge on any atom is 0.269 e. The maximum absolute atomic E-state index is 12.1. The van der Waals surface area contributed by atoms with Crippen molar-refractivity contribution in [3.63, 3.8) is 0 Å². The number of halogens is 1. The summed E-state index contributed by atoms with van der Waals surface area (Å²) < 4.78 is 0. The van der Waals surface area contributed by atoms with Crippen molar-refractivity contribution in [1.29, 1.82) is 0 Å². The average Bonchev–Trinajstić information content (AvgIpc) is 2.98. The van der Waals surface area contributed by atoms with Crippen LogP contribution in [0.25, 0.3) is 0 Å². The summed E-state index contributed by atoms with van der Waals surface area (Å²) >= 11 is 0. The summed E-state index contributed by atoms with van der Waals surface area (Å²) in [6.45, 7) is 4.19. The first-order chi connectivity index (χ1) is 11.3. The van der Waals surface area contributed by atoms with Crippen molar-refractivity contribution in [2.75, 3.05) is 26.2 Å². The van der Waals surface area contributed by atoms with E-state index in [1.54, 1.807) is 4.90 Å². The molecular weight excluding hydrogens is 348 g/mol. The van der Waals surface area contributed by atoms with Crippen LogP contribution in [0.5, 0.6) is 0 Å². The predicted molar refractivity (Wildman–Crippen MR) is 95.7 cm³/mol. The maximum atomic E-state index is 12.1. The smallest absolute Gasteiger partial charge is 0.269 e. The van der Waals surface area contributed by atoms with E-state index in [-0.39, 0.29) is 48.3 Å². The van der Waals surface area contributed by atoms with Crippen LogP contribution in [0.1, 0.15) is 30.1 Å². The number of amides is 2. The number of rotatable bonds is 6. The van der Waals surface area contributed by atoms with Crippen LogP contribution in [0, 0.1) is 15.5 Å². The van der Waals surface area contributed by atoms with Gasteiger partial charge in [-0.3, -0.25) is 19.7 Å². The molecule has 1 saturated heterocycles. The Kier molecular flexibility index (Phi) is 7.32. The Morgan fingerprint density at radius 3 is 2.52 bits per heavy atom. The summed E-state index contributed by atoms with van der Waals surface area (Å²) in [5, 5.41) is 13.2. The van der Waals surface area contributed by atoms with Crippen molar-refractivity contribution >= 4 is 29.9 Å². The van der Waals surface area contributed by atoms with E-state index in [4.69, 9.17) is 5.73 Å². The van der Waals surface area contributed by atoms with Gasteiger partial charge in [0.05, 0.1) is 4.92 Å². The van der Waals surface area contributed by atoms with Crippen molar-refractivity contribution in [1.82, 2.24) is 10.2 Å². The minimum absolute atomic E-state index is 0. The highest BCUT2D eigenvalue weighted by Crippen LogP contribution is 2.28. The molecular formula is C16H23ClN4O4. The number of likely N-dealkylation sites (tertiary alicyclic amines) is 1. The Hall–Kier alpha value is -2.19. The first-order valence-electron chi connectivity index (χ1n) is 7.85. The molecule has 1 unspecified atom stereocenters. The zero-order valence-corrected chi connectivity index (χ0v) is 14.9. The van der Waals surface area contributed by atoms with Crippen LogP contribution in [0.15, 0.2) is 24.3 Å². The molecule has 138 valence electrons. The number of hydrogen-bond donors (Lipinski definition) is 2. The molecule has 2 amide bonds. The third-order valence-corrected chi connectivity index (χ3v) is 4.37. The third kappa shape index (κ3) is 5.40. The number of nitro groups is 1. The fourth-order valence-corrected chi connectivity index (χ4v) is 2.68. The van der Waals surface area contributed by atoms with Crippen LogP contribution in [-0.2, 0) is 4.79 Å². The average molecular weight is 371 g/mol. The van der Waals surface area contributed by atoms with Gasteiger partial charge < -0.3 is 16.0 Å². The summed E-state index contributed by atoms with van der Waals surface area (Å²) in [5.74, 6) is -0.359. The lowest BCUT2D eigenvalue weighted by Crippen LogP contribution is -2.36. The number of nitrogens with one attached hydrogen (secondary N) is 1. The van der Waals surface area contributed by atoms with Crippen LogP contribution in [0.3, 0.4) is 0 Å². The highest BCUT2D eigenvalue weighted by molar-refractivity contribution is 5.94. The number of nitrogens with two attached hydrogens (primary N) is 1. The summed E-state index contributed by atoms with van der Waals surface area (Å²) in [4.78, 5) is 35.9. The van der Waals surface area contributed by atoms with E-state index < -0.39 is 4.92 Å².